The predicted molar refractivity (Wildman–Crippen MR) is 57.1 cm³/mol. The number of esters is 1. The SMILES string of the molecule is CCOC(=O)C(=O)c1ccc(C#N)cc1Cl. The van der Waals surface area contributed by atoms with Crippen molar-refractivity contribution in [2.24, 2.45) is 0 Å². The highest BCUT2D eigenvalue weighted by molar-refractivity contribution is 6.45. The fourth-order valence-corrected chi connectivity index (χ4v) is 1.34. The number of benzene rings is 1. The Hall–Kier alpha value is -1.86. The smallest absolute Gasteiger partial charge is 0.379 e. The quantitative estimate of drug-likeness (QED) is 0.458. The Labute approximate surface area is 97.4 Å². The van der Waals surface area contributed by atoms with Gasteiger partial charge in [-0.2, -0.15) is 5.26 Å². The molecule has 0 aliphatic heterocycles. The van der Waals surface area contributed by atoms with Crippen molar-refractivity contribution in [1.29, 1.82) is 5.26 Å². The third kappa shape index (κ3) is 2.59. The number of ether oxygens (including phenoxy) is 1. The van der Waals surface area contributed by atoms with Gasteiger partial charge >= 0.3 is 5.97 Å². The summed E-state index contributed by atoms with van der Waals surface area (Å²) in [5, 5.41) is 8.67. The molecule has 0 heterocycles. The van der Waals surface area contributed by atoms with Crippen LogP contribution in [-0.2, 0) is 9.53 Å². The number of Topliss-reactive ketones (excluding diaryl/α,β-unsaturated/α-hetero) is 1. The van der Waals surface area contributed by atoms with Gasteiger partial charge in [0, 0.05) is 5.56 Å². The zero-order chi connectivity index (χ0) is 12.1. The van der Waals surface area contributed by atoms with Crippen molar-refractivity contribution in [1.82, 2.24) is 0 Å². The van der Waals surface area contributed by atoms with Gasteiger partial charge in [0.2, 0.25) is 0 Å². The van der Waals surface area contributed by atoms with Gasteiger partial charge in [-0.15, -0.1) is 0 Å². The van der Waals surface area contributed by atoms with E-state index in [0.29, 0.717) is 5.56 Å². The fraction of sp³-hybridized carbons (Fsp3) is 0.182. The molecule has 0 aromatic heterocycles. The Morgan fingerprint density at radius 3 is 2.69 bits per heavy atom. The van der Waals surface area contributed by atoms with Crippen LogP contribution in [0, 0.1) is 11.3 Å². The summed E-state index contributed by atoms with van der Waals surface area (Å²) in [6.45, 7) is 1.73. The van der Waals surface area contributed by atoms with Crippen molar-refractivity contribution in [3.05, 3.63) is 34.3 Å². The number of hydrogen-bond acceptors (Lipinski definition) is 4. The Kier molecular flexibility index (Phi) is 4.03. The van der Waals surface area contributed by atoms with Crippen LogP contribution in [-0.4, -0.2) is 18.4 Å². The maximum atomic E-state index is 11.5. The standard InChI is InChI=1S/C11H8ClNO3/c1-2-16-11(15)10(14)8-4-3-7(6-13)5-9(8)12/h3-5H,2H2,1H3. The van der Waals surface area contributed by atoms with Crippen LogP contribution >= 0.6 is 11.6 Å². The van der Waals surface area contributed by atoms with E-state index < -0.39 is 11.8 Å². The monoisotopic (exact) mass is 237 g/mol. The van der Waals surface area contributed by atoms with Gasteiger partial charge in [-0.25, -0.2) is 4.79 Å². The molecule has 0 atom stereocenters. The lowest BCUT2D eigenvalue weighted by Gasteiger charge is -2.03. The van der Waals surface area contributed by atoms with Crippen molar-refractivity contribution in [3.8, 4) is 6.07 Å². The number of carbonyl (C=O) groups excluding carboxylic acids is 2. The van der Waals surface area contributed by atoms with Gasteiger partial charge in [0.1, 0.15) is 0 Å². The Balaban J connectivity index is 3.02. The largest absolute Gasteiger partial charge is 0.460 e. The lowest BCUT2D eigenvalue weighted by molar-refractivity contribution is -0.137. The van der Waals surface area contributed by atoms with Gasteiger partial charge in [0.15, 0.2) is 0 Å². The fourth-order valence-electron chi connectivity index (χ4n) is 1.08. The highest BCUT2D eigenvalue weighted by Crippen LogP contribution is 2.18. The van der Waals surface area contributed by atoms with Crippen LogP contribution in [0.1, 0.15) is 22.8 Å². The molecule has 0 aliphatic rings. The summed E-state index contributed by atoms with van der Waals surface area (Å²) in [5.74, 6) is -1.76. The average molecular weight is 238 g/mol. The lowest BCUT2D eigenvalue weighted by Crippen LogP contribution is -2.17. The van der Waals surface area contributed by atoms with Crippen molar-refractivity contribution in [2.45, 2.75) is 6.92 Å². The highest BCUT2D eigenvalue weighted by atomic mass is 35.5. The highest BCUT2D eigenvalue weighted by Gasteiger charge is 2.20. The molecule has 82 valence electrons. The summed E-state index contributed by atoms with van der Waals surface area (Å²) < 4.78 is 4.56. The van der Waals surface area contributed by atoms with E-state index in [9.17, 15) is 9.59 Å². The van der Waals surface area contributed by atoms with Gasteiger partial charge in [-0.1, -0.05) is 11.6 Å². The number of rotatable bonds is 3. The van der Waals surface area contributed by atoms with E-state index in [1.54, 1.807) is 6.92 Å². The average Bonchev–Trinajstić information content (AvgIpc) is 2.28. The molecular weight excluding hydrogens is 230 g/mol. The molecule has 0 fully saturated rings. The van der Waals surface area contributed by atoms with Crippen LogP contribution in [0.2, 0.25) is 5.02 Å². The molecule has 0 radical (unpaired) electrons. The van der Waals surface area contributed by atoms with Gasteiger partial charge in [0.25, 0.3) is 5.78 Å². The Morgan fingerprint density at radius 2 is 2.19 bits per heavy atom. The summed E-state index contributed by atoms with van der Waals surface area (Å²) in [4.78, 5) is 22.7. The second kappa shape index (κ2) is 5.29. The molecule has 0 saturated heterocycles. The van der Waals surface area contributed by atoms with Crippen molar-refractivity contribution < 1.29 is 14.3 Å². The number of nitriles is 1. The first kappa shape index (κ1) is 12.2. The van der Waals surface area contributed by atoms with Gasteiger partial charge in [-0.3, -0.25) is 4.79 Å². The van der Waals surface area contributed by atoms with Crippen molar-refractivity contribution in [2.75, 3.05) is 6.61 Å². The zero-order valence-corrected chi connectivity index (χ0v) is 9.25. The van der Waals surface area contributed by atoms with Crippen molar-refractivity contribution in [3.63, 3.8) is 0 Å². The number of ketones is 1. The van der Waals surface area contributed by atoms with Gasteiger partial charge in [-0.05, 0) is 25.1 Å². The summed E-state index contributed by atoms with van der Waals surface area (Å²) in [7, 11) is 0. The number of carbonyl (C=O) groups is 2. The molecular formula is C11H8ClNO3. The molecule has 0 bridgehead atoms. The molecule has 1 aromatic carbocycles. The molecule has 16 heavy (non-hydrogen) atoms. The van der Waals surface area contributed by atoms with E-state index in [4.69, 9.17) is 16.9 Å². The second-order valence-electron chi connectivity index (χ2n) is 2.86. The van der Waals surface area contributed by atoms with Gasteiger partial charge in [0.05, 0.1) is 23.3 Å². The minimum atomic E-state index is -0.950. The number of nitrogens with zero attached hydrogens (tertiary/aromatic N) is 1. The third-order valence-electron chi connectivity index (χ3n) is 1.80. The van der Waals surface area contributed by atoms with E-state index in [1.807, 2.05) is 6.07 Å². The van der Waals surface area contributed by atoms with Crippen LogP contribution in [0.15, 0.2) is 18.2 Å². The Bertz CT molecular complexity index is 477. The normalized spacial score (nSPS) is 9.31. The van der Waals surface area contributed by atoms with E-state index in [2.05, 4.69) is 4.74 Å². The Morgan fingerprint density at radius 1 is 1.50 bits per heavy atom. The van der Waals surface area contributed by atoms with E-state index in [0.717, 1.165) is 0 Å². The minimum Gasteiger partial charge on any atom is -0.460 e. The molecule has 0 amide bonds. The molecule has 5 heteroatoms. The first-order valence-electron chi connectivity index (χ1n) is 4.51. The number of halogens is 1. The molecule has 0 spiro atoms. The van der Waals surface area contributed by atoms with Crippen LogP contribution in [0.3, 0.4) is 0 Å². The lowest BCUT2D eigenvalue weighted by atomic mass is 10.1. The minimum absolute atomic E-state index is 0.0408. The van der Waals surface area contributed by atoms with Crippen LogP contribution in [0.5, 0.6) is 0 Å². The molecule has 0 saturated carbocycles. The van der Waals surface area contributed by atoms with Crippen LogP contribution in [0.25, 0.3) is 0 Å². The second-order valence-corrected chi connectivity index (χ2v) is 3.26. The van der Waals surface area contributed by atoms with Crippen LogP contribution in [0.4, 0.5) is 0 Å². The molecule has 0 unspecified atom stereocenters. The van der Waals surface area contributed by atoms with Gasteiger partial charge < -0.3 is 4.74 Å². The topological polar surface area (TPSA) is 67.2 Å². The maximum Gasteiger partial charge on any atom is 0.379 e. The first-order valence-corrected chi connectivity index (χ1v) is 4.89. The van der Waals surface area contributed by atoms with E-state index in [-0.39, 0.29) is 17.2 Å². The van der Waals surface area contributed by atoms with E-state index >= 15 is 0 Å². The third-order valence-corrected chi connectivity index (χ3v) is 2.12. The summed E-state index contributed by atoms with van der Waals surface area (Å²) in [5.41, 5.74) is 0.365. The van der Waals surface area contributed by atoms with E-state index in [1.165, 1.54) is 18.2 Å². The number of hydrogen-bond donors (Lipinski definition) is 0. The zero-order valence-electron chi connectivity index (χ0n) is 8.49. The molecule has 0 aliphatic carbocycles. The maximum absolute atomic E-state index is 11.5. The van der Waals surface area contributed by atoms with Crippen LogP contribution < -0.4 is 0 Å². The summed E-state index contributed by atoms with van der Waals surface area (Å²) in [6, 6.07) is 5.95. The molecule has 0 N–H and O–H groups in total. The van der Waals surface area contributed by atoms with Crippen molar-refractivity contribution >= 4 is 23.4 Å². The summed E-state index contributed by atoms with van der Waals surface area (Å²) >= 11 is 5.77. The summed E-state index contributed by atoms with van der Waals surface area (Å²) in [6.07, 6.45) is 0. The molecule has 4 nitrogen and oxygen atoms in total. The molecule has 1 aromatic rings. The first-order chi connectivity index (χ1) is 7.60. The predicted octanol–water partition coefficient (Wildman–Crippen LogP) is 1.96. The molecule has 1 rings (SSSR count).